The lowest BCUT2D eigenvalue weighted by Crippen LogP contribution is -2.43. The number of hydrogen-bond donors (Lipinski definition) is 1. The Morgan fingerprint density at radius 1 is 1.12 bits per heavy atom. The summed E-state index contributed by atoms with van der Waals surface area (Å²) in [5, 5.41) is 3.36. The number of rotatable bonds is 10. The topological polar surface area (TPSA) is 66.0 Å². The molecule has 6 heteroatoms. The standard InChI is InChI=1S/C19H29NO5/c1-8-9-14(20-17(12(2)3)19(21)25-7)13-10-15(22-4)18(24-6)16(11-13)23-5/h8,10-12,14,17,20H,1,9H2,2-7H3/t14-,17-/m0/s1. The molecule has 1 N–H and O–H groups in total. The van der Waals surface area contributed by atoms with Crippen molar-refractivity contribution in [3.05, 3.63) is 30.4 Å². The van der Waals surface area contributed by atoms with Gasteiger partial charge >= 0.3 is 5.97 Å². The van der Waals surface area contributed by atoms with Crippen molar-refractivity contribution >= 4 is 5.97 Å². The van der Waals surface area contributed by atoms with Crippen LogP contribution in [0.2, 0.25) is 0 Å². The first-order chi connectivity index (χ1) is 11.9. The molecule has 0 saturated carbocycles. The molecule has 0 aliphatic carbocycles. The number of carbonyl (C=O) groups is 1. The zero-order chi connectivity index (χ0) is 19.0. The highest BCUT2D eigenvalue weighted by molar-refractivity contribution is 5.76. The van der Waals surface area contributed by atoms with E-state index in [1.165, 1.54) is 7.11 Å². The van der Waals surface area contributed by atoms with Gasteiger partial charge < -0.3 is 18.9 Å². The molecule has 0 aliphatic heterocycles. The van der Waals surface area contributed by atoms with Gasteiger partial charge in [0.25, 0.3) is 0 Å². The van der Waals surface area contributed by atoms with Gasteiger partial charge in [0.15, 0.2) is 11.5 Å². The Hall–Kier alpha value is -2.21. The number of ether oxygens (including phenoxy) is 4. The highest BCUT2D eigenvalue weighted by Gasteiger charge is 2.27. The number of esters is 1. The summed E-state index contributed by atoms with van der Waals surface area (Å²) in [6.45, 7) is 7.75. The van der Waals surface area contributed by atoms with Crippen LogP contribution in [0.5, 0.6) is 17.2 Å². The van der Waals surface area contributed by atoms with Crippen LogP contribution < -0.4 is 19.5 Å². The first-order valence-corrected chi connectivity index (χ1v) is 8.18. The van der Waals surface area contributed by atoms with Crippen molar-refractivity contribution in [3.63, 3.8) is 0 Å². The Balaban J connectivity index is 3.29. The van der Waals surface area contributed by atoms with Gasteiger partial charge in [0.1, 0.15) is 6.04 Å². The van der Waals surface area contributed by atoms with Crippen LogP contribution in [0.4, 0.5) is 0 Å². The average molecular weight is 351 g/mol. The SMILES string of the molecule is C=CC[C@H](N[C@H](C(=O)OC)C(C)C)c1cc(OC)c(OC)c(OC)c1. The monoisotopic (exact) mass is 351 g/mol. The molecular formula is C19H29NO5. The van der Waals surface area contributed by atoms with Crippen LogP contribution in [-0.2, 0) is 9.53 Å². The number of carbonyl (C=O) groups excluding carboxylic acids is 1. The molecule has 0 heterocycles. The summed E-state index contributed by atoms with van der Waals surface area (Å²) in [6, 6.07) is 3.15. The van der Waals surface area contributed by atoms with Crippen molar-refractivity contribution in [3.8, 4) is 17.2 Å². The van der Waals surface area contributed by atoms with Crippen LogP contribution in [0.3, 0.4) is 0 Å². The molecule has 0 amide bonds. The quantitative estimate of drug-likeness (QED) is 0.516. The molecule has 0 saturated heterocycles. The summed E-state index contributed by atoms with van der Waals surface area (Å²) in [5.41, 5.74) is 0.906. The third kappa shape index (κ3) is 5.13. The van der Waals surface area contributed by atoms with Crippen LogP contribution >= 0.6 is 0 Å². The summed E-state index contributed by atoms with van der Waals surface area (Å²) < 4.78 is 21.1. The van der Waals surface area contributed by atoms with Crippen LogP contribution in [0.1, 0.15) is 31.9 Å². The normalized spacial score (nSPS) is 13.1. The maximum atomic E-state index is 12.1. The van der Waals surface area contributed by atoms with Gasteiger partial charge in [0, 0.05) is 6.04 Å². The van der Waals surface area contributed by atoms with Crippen molar-refractivity contribution in [1.29, 1.82) is 0 Å². The van der Waals surface area contributed by atoms with Gasteiger partial charge in [-0.15, -0.1) is 6.58 Å². The Morgan fingerprint density at radius 3 is 2.04 bits per heavy atom. The predicted octanol–water partition coefficient (Wildman–Crippen LogP) is 3.12. The molecule has 0 radical (unpaired) electrons. The van der Waals surface area contributed by atoms with Crippen LogP contribution in [-0.4, -0.2) is 40.5 Å². The maximum Gasteiger partial charge on any atom is 0.323 e. The fraction of sp³-hybridized carbons (Fsp3) is 0.526. The van der Waals surface area contributed by atoms with Crippen LogP contribution in [0.15, 0.2) is 24.8 Å². The molecule has 25 heavy (non-hydrogen) atoms. The van der Waals surface area contributed by atoms with E-state index in [1.807, 2.05) is 26.0 Å². The molecule has 0 fully saturated rings. The molecule has 2 atom stereocenters. The van der Waals surface area contributed by atoms with E-state index in [2.05, 4.69) is 11.9 Å². The number of nitrogens with one attached hydrogen (secondary N) is 1. The van der Waals surface area contributed by atoms with Gasteiger partial charge in [0.2, 0.25) is 5.75 Å². The van der Waals surface area contributed by atoms with Gasteiger partial charge in [-0.1, -0.05) is 19.9 Å². The largest absolute Gasteiger partial charge is 0.493 e. The minimum atomic E-state index is -0.436. The fourth-order valence-corrected chi connectivity index (χ4v) is 2.65. The van der Waals surface area contributed by atoms with Crippen LogP contribution in [0, 0.1) is 5.92 Å². The van der Waals surface area contributed by atoms with E-state index >= 15 is 0 Å². The molecular weight excluding hydrogens is 322 g/mol. The van der Waals surface area contributed by atoms with E-state index in [1.54, 1.807) is 27.4 Å². The number of benzene rings is 1. The summed E-state index contributed by atoms with van der Waals surface area (Å²) in [6.07, 6.45) is 2.42. The molecule has 0 aromatic heterocycles. The Bertz CT molecular complexity index is 560. The molecule has 140 valence electrons. The molecule has 0 spiro atoms. The van der Waals surface area contributed by atoms with E-state index in [-0.39, 0.29) is 17.9 Å². The molecule has 1 aromatic rings. The van der Waals surface area contributed by atoms with Gasteiger partial charge in [0.05, 0.1) is 28.4 Å². The van der Waals surface area contributed by atoms with Crippen molar-refractivity contribution in [2.45, 2.75) is 32.4 Å². The number of methoxy groups -OCH3 is 4. The zero-order valence-electron chi connectivity index (χ0n) is 15.9. The van der Waals surface area contributed by atoms with E-state index in [0.29, 0.717) is 23.7 Å². The lowest BCUT2D eigenvalue weighted by Gasteiger charge is -2.27. The molecule has 0 unspecified atom stereocenters. The third-order valence-electron chi connectivity index (χ3n) is 3.99. The van der Waals surface area contributed by atoms with Crippen molar-refractivity contribution < 1.29 is 23.7 Å². The predicted molar refractivity (Wildman–Crippen MR) is 97.4 cm³/mol. The Morgan fingerprint density at radius 2 is 1.68 bits per heavy atom. The number of hydrogen-bond acceptors (Lipinski definition) is 6. The Kier molecular flexibility index (Phi) is 8.28. The van der Waals surface area contributed by atoms with Crippen molar-refractivity contribution in [2.24, 2.45) is 5.92 Å². The molecule has 1 rings (SSSR count). The molecule has 6 nitrogen and oxygen atoms in total. The van der Waals surface area contributed by atoms with Gasteiger partial charge in [-0.2, -0.15) is 0 Å². The zero-order valence-corrected chi connectivity index (χ0v) is 15.9. The highest BCUT2D eigenvalue weighted by atomic mass is 16.5. The summed E-state index contributed by atoms with van der Waals surface area (Å²) in [4.78, 5) is 12.1. The van der Waals surface area contributed by atoms with Gasteiger partial charge in [-0.05, 0) is 30.0 Å². The molecule has 1 aromatic carbocycles. The van der Waals surface area contributed by atoms with Crippen molar-refractivity contribution in [2.75, 3.05) is 28.4 Å². The van der Waals surface area contributed by atoms with E-state index in [4.69, 9.17) is 18.9 Å². The molecule has 0 bridgehead atoms. The first kappa shape index (κ1) is 20.8. The summed E-state index contributed by atoms with van der Waals surface area (Å²) >= 11 is 0. The lowest BCUT2D eigenvalue weighted by molar-refractivity contribution is -0.144. The third-order valence-corrected chi connectivity index (χ3v) is 3.99. The second-order valence-corrected chi connectivity index (χ2v) is 5.95. The Labute approximate surface area is 150 Å². The fourth-order valence-electron chi connectivity index (χ4n) is 2.65. The van der Waals surface area contributed by atoms with Gasteiger partial charge in [-0.25, -0.2) is 0 Å². The lowest BCUT2D eigenvalue weighted by atomic mass is 9.97. The van der Waals surface area contributed by atoms with E-state index in [0.717, 1.165) is 5.56 Å². The van der Waals surface area contributed by atoms with Crippen LogP contribution in [0.25, 0.3) is 0 Å². The maximum absolute atomic E-state index is 12.1. The van der Waals surface area contributed by atoms with Gasteiger partial charge in [-0.3, -0.25) is 10.1 Å². The van der Waals surface area contributed by atoms with Crippen molar-refractivity contribution in [1.82, 2.24) is 5.32 Å². The second kappa shape index (κ2) is 9.93. The first-order valence-electron chi connectivity index (χ1n) is 8.18. The average Bonchev–Trinajstić information content (AvgIpc) is 2.62. The highest BCUT2D eigenvalue weighted by Crippen LogP contribution is 2.40. The minimum Gasteiger partial charge on any atom is -0.493 e. The molecule has 0 aliphatic rings. The summed E-state index contributed by atoms with van der Waals surface area (Å²) in [5.74, 6) is 1.43. The van der Waals surface area contributed by atoms with E-state index in [9.17, 15) is 4.79 Å². The smallest absolute Gasteiger partial charge is 0.323 e. The minimum absolute atomic E-state index is 0.0711. The second-order valence-electron chi connectivity index (χ2n) is 5.95. The summed E-state index contributed by atoms with van der Waals surface area (Å²) in [7, 11) is 6.09. The van der Waals surface area contributed by atoms with E-state index < -0.39 is 6.04 Å².